The van der Waals surface area contributed by atoms with Gasteiger partial charge in [-0.1, -0.05) is 44.4 Å². The minimum atomic E-state index is -0.519. The number of ether oxygens (including phenoxy) is 2. The van der Waals surface area contributed by atoms with Crippen molar-refractivity contribution in [2.45, 2.75) is 63.9 Å². The number of esters is 1. The molecule has 0 spiro atoms. The molecule has 0 amide bonds. The van der Waals surface area contributed by atoms with Gasteiger partial charge in [-0.3, -0.25) is 0 Å². The number of benzene rings is 2. The van der Waals surface area contributed by atoms with Crippen LogP contribution in [0.15, 0.2) is 48.5 Å². The lowest BCUT2D eigenvalue weighted by Gasteiger charge is -2.35. The summed E-state index contributed by atoms with van der Waals surface area (Å²) in [5.74, 6) is -0.366. The van der Waals surface area contributed by atoms with Crippen LogP contribution in [0.2, 0.25) is 0 Å². The molecule has 1 saturated carbocycles. The third-order valence-electron chi connectivity index (χ3n) is 5.36. The van der Waals surface area contributed by atoms with Crippen LogP contribution >= 0.6 is 0 Å². The van der Waals surface area contributed by atoms with Crippen molar-refractivity contribution in [2.24, 2.45) is 0 Å². The molecule has 1 aliphatic carbocycles. The fourth-order valence-corrected chi connectivity index (χ4v) is 3.67. The fourth-order valence-electron chi connectivity index (χ4n) is 3.67. The first-order valence-electron chi connectivity index (χ1n) is 9.88. The van der Waals surface area contributed by atoms with E-state index >= 15 is 0 Å². The van der Waals surface area contributed by atoms with Crippen LogP contribution in [0, 0.1) is 5.82 Å². The SMILES string of the molecule is CCC1(Oc2cc(C(=O)Oc3ccccc3)ccc2F)CCCCCCC1. The quantitative estimate of drug-likeness (QED) is 0.456. The van der Waals surface area contributed by atoms with Crippen molar-refractivity contribution in [3.63, 3.8) is 0 Å². The summed E-state index contributed by atoms with van der Waals surface area (Å²) in [6.07, 6.45) is 8.48. The van der Waals surface area contributed by atoms with Crippen LogP contribution in [-0.2, 0) is 0 Å². The zero-order valence-electron chi connectivity index (χ0n) is 15.9. The van der Waals surface area contributed by atoms with Gasteiger partial charge in [0, 0.05) is 0 Å². The van der Waals surface area contributed by atoms with Crippen LogP contribution < -0.4 is 9.47 Å². The normalized spacial score (nSPS) is 16.8. The molecule has 0 heterocycles. The fraction of sp³-hybridized carbons (Fsp3) is 0.435. The molecule has 0 saturated heterocycles. The van der Waals surface area contributed by atoms with Crippen LogP contribution in [0.5, 0.6) is 11.5 Å². The zero-order valence-corrected chi connectivity index (χ0v) is 15.9. The van der Waals surface area contributed by atoms with Gasteiger partial charge in [0.05, 0.1) is 5.56 Å². The van der Waals surface area contributed by atoms with Crippen LogP contribution in [0.1, 0.15) is 68.6 Å². The summed E-state index contributed by atoms with van der Waals surface area (Å²) in [7, 11) is 0. The number of halogens is 1. The van der Waals surface area contributed by atoms with Gasteiger partial charge in [-0.25, -0.2) is 9.18 Å². The second kappa shape index (κ2) is 9.03. The van der Waals surface area contributed by atoms with Gasteiger partial charge in [0.2, 0.25) is 0 Å². The van der Waals surface area contributed by atoms with Crippen molar-refractivity contribution < 1.29 is 18.7 Å². The Morgan fingerprint density at radius 1 is 1.00 bits per heavy atom. The van der Waals surface area contributed by atoms with Gasteiger partial charge in [-0.15, -0.1) is 0 Å². The summed E-state index contributed by atoms with van der Waals surface area (Å²) >= 11 is 0. The Balaban J connectivity index is 1.78. The van der Waals surface area contributed by atoms with E-state index in [-0.39, 0.29) is 16.9 Å². The molecular weight excluding hydrogens is 343 g/mol. The summed E-state index contributed by atoms with van der Waals surface area (Å²) in [5, 5.41) is 0. The first-order chi connectivity index (χ1) is 13.1. The molecule has 0 N–H and O–H groups in total. The molecular formula is C23H27FO3. The number of hydrogen-bond donors (Lipinski definition) is 0. The second-order valence-electron chi connectivity index (χ2n) is 7.25. The third-order valence-corrected chi connectivity index (χ3v) is 5.36. The Morgan fingerprint density at radius 3 is 2.33 bits per heavy atom. The zero-order chi connectivity index (χ0) is 19.1. The first-order valence-corrected chi connectivity index (χ1v) is 9.88. The minimum Gasteiger partial charge on any atom is -0.484 e. The molecule has 3 rings (SSSR count). The second-order valence-corrected chi connectivity index (χ2v) is 7.25. The Bertz CT molecular complexity index is 749. The summed E-state index contributed by atoms with van der Waals surface area (Å²) < 4.78 is 26.0. The molecule has 27 heavy (non-hydrogen) atoms. The van der Waals surface area contributed by atoms with Gasteiger partial charge < -0.3 is 9.47 Å². The van der Waals surface area contributed by atoms with Crippen molar-refractivity contribution in [3.8, 4) is 11.5 Å². The highest BCUT2D eigenvalue weighted by Gasteiger charge is 2.31. The molecule has 144 valence electrons. The molecule has 0 atom stereocenters. The molecule has 1 aliphatic rings. The van der Waals surface area contributed by atoms with E-state index in [2.05, 4.69) is 6.92 Å². The lowest BCUT2D eigenvalue weighted by atomic mass is 9.85. The number of carbonyl (C=O) groups excluding carboxylic acids is 1. The molecule has 0 bridgehead atoms. The standard InChI is InChI=1S/C23H27FO3/c1-2-23(15-9-4-3-5-10-16-23)27-21-17-18(13-14-20(21)24)22(25)26-19-11-7-6-8-12-19/h6-8,11-14,17H,2-5,9-10,15-16H2,1H3. The lowest BCUT2D eigenvalue weighted by Crippen LogP contribution is -2.36. The van der Waals surface area contributed by atoms with Crippen molar-refractivity contribution in [3.05, 3.63) is 59.9 Å². The highest BCUT2D eigenvalue weighted by atomic mass is 19.1. The van der Waals surface area contributed by atoms with Gasteiger partial charge in [-0.2, -0.15) is 0 Å². The van der Waals surface area contributed by atoms with E-state index in [4.69, 9.17) is 9.47 Å². The molecule has 1 fully saturated rings. The predicted molar refractivity (Wildman–Crippen MR) is 104 cm³/mol. The van der Waals surface area contributed by atoms with Crippen molar-refractivity contribution >= 4 is 5.97 Å². The number of hydrogen-bond acceptors (Lipinski definition) is 3. The molecule has 0 radical (unpaired) electrons. The Kier molecular flexibility index (Phi) is 6.49. The van der Waals surface area contributed by atoms with Crippen molar-refractivity contribution in [2.75, 3.05) is 0 Å². The Hall–Kier alpha value is -2.36. The maximum absolute atomic E-state index is 14.4. The van der Waals surface area contributed by atoms with Crippen LogP contribution in [-0.4, -0.2) is 11.6 Å². The third kappa shape index (κ3) is 5.09. The van der Waals surface area contributed by atoms with E-state index < -0.39 is 11.8 Å². The predicted octanol–water partition coefficient (Wildman–Crippen LogP) is 6.32. The van der Waals surface area contributed by atoms with Gasteiger partial charge >= 0.3 is 5.97 Å². The van der Waals surface area contributed by atoms with E-state index in [0.717, 1.165) is 32.1 Å². The Morgan fingerprint density at radius 2 is 1.67 bits per heavy atom. The largest absolute Gasteiger partial charge is 0.484 e. The minimum absolute atomic E-state index is 0.139. The number of para-hydroxylation sites is 1. The average Bonchev–Trinajstić information content (AvgIpc) is 2.66. The van der Waals surface area contributed by atoms with Crippen LogP contribution in [0.25, 0.3) is 0 Å². The van der Waals surface area contributed by atoms with Gasteiger partial charge in [-0.05, 0) is 62.4 Å². The monoisotopic (exact) mass is 370 g/mol. The lowest BCUT2D eigenvalue weighted by molar-refractivity contribution is 0.0328. The van der Waals surface area contributed by atoms with Gasteiger partial charge in [0.25, 0.3) is 0 Å². The molecule has 2 aromatic carbocycles. The van der Waals surface area contributed by atoms with Crippen molar-refractivity contribution in [1.29, 1.82) is 0 Å². The summed E-state index contributed by atoms with van der Waals surface area (Å²) in [5.41, 5.74) is -0.0733. The van der Waals surface area contributed by atoms with E-state index in [9.17, 15) is 9.18 Å². The summed E-state index contributed by atoms with van der Waals surface area (Å²) in [6.45, 7) is 2.09. The topological polar surface area (TPSA) is 35.5 Å². The number of carbonyl (C=O) groups is 1. The van der Waals surface area contributed by atoms with Gasteiger partial charge in [0.15, 0.2) is 11.6 Å². The maximum Gasteiger partial charge on any atom is 0.343 e. The molecule has 4 heteroatoms. The Labute approximate surface area is 160 Å². The van der Waals surface area contributed by atoms with Crippen LogP contribution in [0.4, 0.5) is 4.39 Å². The molecule has 2 aromatic rings. The maximum atomic E-state index is 14.4. The molecule has 3 nitrogen and oxygen atoms in total. The highest BCUT2D eigenvalue weighted by molar-refractivity contribution is 5.91. The summed E-state index contributed by atoms with van der Waals surface area (Å²) in [6, 6.07) is 13.0. The first kappa shape index (κ1) is 19.4. The summed E-state index contributed by atoms with van der Waals surface area (Å²) in [4.78, 5) is 12.4. The van der Waals surface area contributed by atoms with Gasteiger partial charge in [0.1, 0.15) is 11.4 Å². The van der Waals surface area contributed by atoms with Crippen LogP contribution in [0.3, 0.4) is 0 Å². The average molecular weight is 370 g/mol. The van der Waals surface area contributed by atoms with E-state index in [1.54, 1.807) is 24.3 Å². The molecule has 0 unspecified atom stereocenters. The van der Waals surface area contributed by atoms with E-state index in [1.807, 2.05) is 6.07 Å². The smallest absolute Gasteiger partial charge is 0.343 e. The van der Waals surface area contributed by atoms with E-state index in [0.29, 0.717) is 5.75 Å². The molecule has 0 aliphatic heterocycles. The molecule has 0 aromatic heterocycles. The van der Waals surface area contributed by atoms with Crippen molar-refractivity contribution in [1.82, 2.24) is 0 Å². The highest BCUT2D eigenvalue weighted by Crippen LogP contribution is 2.35. The number of rotatable bonds is 5. The van der Waals surface area contributed by atoms with E-state index in [1.165, 1.54) is 37.5 Å².